The molecule has 4 rings (SSSR count). The van der Waals surface area contributed by atoms with Crippen LogP contribution in [0.5, 0.6) is 0 Å². The predicted molar refractivity (Wildman–Crippen MR) is 121 cm³/mol. The molecule has 0 aromatic heterocycles. The molecule has 2 heteroatoms. The van der Waals surface area contributed by atoms with Gasteiger partial charge < -0.3 is 13.8 Å². The minimum atomic E-state index is -0.370. The second kappa shape index (κ2) is 11.0. The standard InChI is InChI=1S/C25H26P.CH3.Fe/c1-2-23-24(20-12-6-3-7-13-20)18-19-25(23)26(21-14-8-4-9-15-21)22-16-10-5-11-17-22;;/h3-17,19,23-25H,2,18H2,1H3;1H3;/q2*-1;+2. The fraction of sp³-hybridized carbons (Fsp3) is 0.231. The number of rotatable bonds is 5. The summed E-state index contributed by atoms with van der Waals surface area (Å²) in [5.74, 6) is 1.37. The maximum atomic E-state index is 2.64. The van der Waals surface area contributed by atoms with Gasteiger partial charge in [-0.3, -0.25) is 0 Å². The molecular weight excluding hydrogens is 399 g/mol. The zero-order valence-corrected chi connectivity index (χ0v) is 18.7. The first-order valence-electron chi connectivity index (χ1n) is 9.66. The van der Waals surface area contributed by atoms with Crippen LogP contribution in [0.15, 0.2) is 91.0 Å². The van der Waals surface area contributed by atoms with Gasteiger partial charge in [0.15, 0.2) is 0 Å². The van der Waals surface area contributed by atoms with Crippen molar-refractivity contribution in [3.05, 3.63) is 110 Å². The summed E-state index contributed by atoms with van der Waals surface area (Å²) >= 11 is 0. The molecule has 0 nitrogen and oxygen atoms in total. The van der Waals surface area contributed by atoms with Gasteiger partial charge in [-0.25, -0.2) is 0 Å². The van der Waals surface area contributed by atoms with E-state index < -0.39 is 0 Å². The molecule has 3 aromatic carbocycles. The third-order valence-corrected chi connectivity index (χ3v) is 8.55. The SMILES string of the molecule is CCC1C(c2ccccc2)C[CH-]C1P(c1ccccc1)c1ccccc1.[CH3-].[Fe+2]. The van der Waals surface area contributed by atoms with E-state index in [1.165, 1.54) is 29.0 Å². The molecule has 0 saturated heterocycles. The van der Waals surface area contributed by atoms with Gasteiger partial charge >= 0.3 is 17.1 Å². The smallest absolute Gasteiger partial charge is 0.358 e. The molecule has 0 heterocycles. The van der Waals surface area contributed by atoms with E-state index >= 15 is 0 Å². The topological polar surface area (TPSA) is 0 Å². The summed E-state index contributed by atoms with van der Waals surface area (Å²) in [6.45, 7) is 2.37. The average molecular weight is 428 g/mol. The van der Waals surface area contributed by atoms with Gasteiger partial charge in [-0.15, -0.1) is 5.66 Å². The Kier molecular flexibility index (Phi) is 8.97. The number of benzene rings is 3. The van der Waals surface area contributed by atoms with Gasteiger partial charge in [-0.05, 0) is 22.1 Å². The van der Waals surface area contributed by atoms with Crippen LogP contribution >= 0.6 is 7.92 Å². The van der Waals surface area contributed by atoms with Gasteiger partial charge in [0.25, 0.3) is 0 Å². The zero-order valence-electron chi connectivity index (χ0n) is 16.7. The minimum Gasteiger partial charge on any atom is -0.358 e. The van der Waals surface area contributed by atoms with E-state index in [4.69, 9.17) is 0 Å². The first kappa shape index (κ1) is 22.9. The number of hydrogen-bond acceptors (Lipinski definition) is 0. The largest absolute Gasteiger partial charge is 2.00 e. The van der Waals surface area contributed by atoms with Crippen molar-refractivity contribution < 1.29 is 17.1 Å². The van der Waals surface area contributed by atoms with E-state index in [-0.39, 0.29) is 32.4 Å². The van der Waals surface area contributed by atoms with Gasteiger partial charge in [0.05, 0.1) is 0 Å². The van der Waals surface area contributed by atoms with E-state index in [0.717, 1.165) is 0 Å². The molecule has 3 atom stereocenters. The van der Waals surface area contributed by atoms with Gasteiger partial charge in [-0.1, -0.05) is 118 Å². The molecule has 0 N–H and O–H groups in total. The van der Waals surface area contributed by atoms with Crippen LogP contribution in [0.3, 0.4) is 0 Å². The predicted octanol–water partition coefficient (Wildman–Crippen LogP) is 6.35. The Hall–Kier alpha value is -1.39. The first-order valence-corrected chi connectivity index (χ1v) is 11.1. The van der Waals surface area contributed by atoms with Gasteiger partial charge in [0, 0.05) is 0 Å². The van der Waals surface area contributed by atoms with E-state index in [9.17, 15) is 0 Å². The van der Waals surface area contributed by atoms with E-state index in [1.54, 1.807) is 0 Å². The fourth-order valence-electron chi connectivity index (χ4n) is 4.45. The van der Waals surface area contributed by atoms with Gasteiger partial charge in [-0.2, -0.15) is 6.42 Å². The first-order chi connectivity index (χ1) is 12.9. The van der Waals surface area contributed by atoms with Crippen LogP contribution in [-0.2, 0) is 17.1 Å². The summed E-state index contributed by atoms with van der Waals surface area (Å²) in [7, 11) is -0.370. The summed E-state index contributed by atoms with van der Waals surface area (Å²) < 4.78 is 0. The van der Waals surface area contributed by atoms with E-state index in [2.05, 4.69) is 104 Å². The molecule has 1 aliphatic rings. The summed E-state index contributed by atoms with van der Waals surface area (Å²) in [6.07, 6.45) is 5.07. The Morgan fingerprint density at radius 1 is 0.786 bits per heavy atom. The van der Waals surface area contributed by atoms with Crippen molar-refractivity contribution >= 4 is 18.5 Å². The Bertz CT molecular complexity index is 764. The fourth-order valence-corrected chi connectivity index (χ4v) is 7.56. The Labute approximate surface area is 183 Å². The van der Waals surface area contributed by atoms with Crippen molar-refractivity contribution in [2.24, 2.45) is 5.92 Å². The molecular formula is C26H29FeP. The van der Waals surface area contributed by atoms with Crippen molar-refractivity contribution in [3.8, 4) is 0 Å². The van der Waals surface area contributed by atoms with Gasteiger partial charge in [0.1, 0.15) is 0 Å². The van der Waals surface area contributed by atoms with Crippen LogP contribution in [0.1, 0.15) is 31.2 Å². The average Bonchev–Trinajstić information content (AvgIpc) is 3.14. The van der Waals surface area contributed by atoms with E-state index in [0.29, 0.717) is 17.5 Å². The monoisotopic (exact) mass is 428 g/mol. The van der Waals surface area contributed by atoms with Crippen LogP contribution < -0.4 is 10.6 Å². The molecule has 146 valence electrons. The Balaban J connectivity index is 0.00000140. The summed E-state index contributed by atoms with van der Waals surface area (Å²) in [5, 5.41) is 3.00. The van der Waals surface area contributed by atoms with Crippen molar-refractivity contribution in [3.63, 3.8) is 0 Å². The molecule has 0 amide bonds. The summed E-state index contributed by atoms with van der Waals surface area (Å²) in [4.78, 5) is 0. The molecule has 1 aliphatic carbocycles. The quantitative estimate of drug-likeness (QED) is 0.252. The van der Waals surface area contributed by atoms with Crippen LogP contribution in [0.2, 0.25) is 0 Å². The second-order valence-electron chi connectivity index (χ2n) is 7.09. The summed E-state index contributed by atoms with van der Waals surface area (Å²) in [5.41, 5.74) is 2.15. The second-order valence-corrected chi connectivity index (χ2v) is 9.46. The maximum Gasteiger partial charge on any atom is 2.00 e. The molecule has 3 unspecified atom stereocenters. The number of hydrogen-bond donors (Lipinski definition) is 0. The van der Waals surface area contributed by atoms with Crippen molar-refractivity contribution in [2.75, 3.05) is 0 Å². The van der Waals surface area contributed by atoms with Crippen molar-refractivity contribution in [1.29, 1.82) is 0 Å². The molecule has 0 bridgehead atoms. The van der Waals surface area contributed by atoms with E-state index in [1.807, 2.05) is 0 Å². The normalized spacial score (nSPS) is 21.0. The van der Waals surface area contributed by atoms with Crippen LogP contribution in [0, 0.1) is 19.8 Å². The molecule has 0 aliphatic heterocycles. The van der Waals surface area contributed by atoms with Crippen LogP contribution in [-0.4, -0.2) is 5.66 Å². The third-order valence-electron chi connectivity index (χ3n) is 5.65. The molecule has 28 heavy (non-hydrogen) atoms. The molecule has 1 saturated carbocycles. The Morgan fingerprint density at radius 2 is 1.25 bits per heavy atom. The summed E-state index contributed by atoms with van der Waals surface area (Å²) in [6, 6.07) is 33.5. The van der Waals surface area contributed by atoms with Crippen LogP contribution in [0.4, 0.5) is 0 Å². The minimum absolute atomic E-state index is 0. The van der Waals surface area contributed by atoms with Crippen molar-refractivity contribution in [1.82, 2.24) is 0 Å². The van der Waals surface area contributed by atoms with Crippen molar-refractivity contribution in [2.45, 2.75) is 31.3 Å². The van der Waals surface area contributed by atoms with Gasteiger partial charge in [0.2, 0.25) is 0 Å². The Morgan fingerprint density at radius 3 is 1.71 bits per heavy atom. The van der Waals surface area contributed by atoms with Crippen LogP contribution in [0.25, 0.3) is 0 Å². The molecule has 1 fully saturated rings. The third kappa shape index (κ3) is 4.77. The molecule has 3 aromatic rings. The zero-order chi connectivity index (χ0) is 17.8. The maximum absolute atomic E-state index is 2.64. The molecule has 0 spiro atoms. The molecule has 0 radical (unpaired) electrons.